The first-order valence-corrected chi connectivity index (χ1v) is 8.52. The average molecular weight is 365 g/mol. The van der Waals surface area contributed by atoms with Crippen molar-refractivity contribution >= 4 is 18.0 Å². The minimum Gasteiger partial charge on any atom is -0.366 e. The molecule has 0 unspecified atom stereocenters. The molecule has 7 nitrogen and oxygen atoms in total. The van der Waals surface area contributed by atoms with Crippen LogP contribution in [-0.4, -0.2) is 60.3 Å². The second-order valence-corrected chi connectivity index (χ2v) is 6.22. The number of anilines is 1. The Morgan fingerprint density at radius 3 is 2.59 bits per heavy atom. The molecule has 1 aliphatic rings. The molecule has 0 atom stereocenters. The van der Waals surface area contributed by atoms with Crippen LogP contribution in [0.1, 0.15) is 5.56 Å². The number of pyridine rings is 1. The number of nitriles is 1. The summed E-state index contributed by atoms with van der Waals surface area (Å²) in [6.07, 6.45) is 2.58. The van der Waals surface area contributed by atoms with Gasteiger partial charge in [0.25, 0.3) is 0 Å². The minimum atomic E-state index is -0.542. The van der Waals surface area contributed by atoms with Crippen LogP contribution in [0.4, 0.5) is 10.1 Å². The molecule has 0 bridgehead atoms. The highest BCUT2D eigenvalue weighted by molar-refractivity contribution is 5.87. The van der Waals surface area contributed by atoms with Gasteiger partial charge in [0.1, 0.15) is 6.07 Å². The fourth-order valence-corrected chi connectivity index (χ4v) is 3.17. The molecule has 138 valence electrons. The summed E-state index contributed by atoms with van der Waals surface area (Å²) in [5, 5.41) is 25.0. The van der Waals surface area contributed by atoms with Gasteiger partial charge in [-0.2, -0.15) is 9.65 Å². The SMILES string of the molecule is CN(C=N)C(=N)N1CCN(c2c(C#N)cccc2-c2ccc(F)nc2)CC1. The fraction of sp³-hybridized carbons (Fsp3) is 0.263. The summed E-state index contributed by atoms with van der Waals surface area (Å²) in [6, 6.07) is 10.7. The number of guanidine groups is 1. The molecule has 0 aliphatic carbocycles. The number of halogens is 1. The molecule has 1 saturated heterocycles. The Morgan fingerprint density at radius 2 is 2.00 bits per heavy atom. The summed E-state index contributed by atoms with van der Waals surface area (Å²) in [4.78, 5) is 9.20. The van der Waals surface area contributed by atoms with E-state index in [1.54, 1.807) is 19.2 Å². The van der Waals surface area contributed by atoms with E-state index >= 15 is 0 Å². The predicted octanol–water partition coefficient (Wildman–Crippen LogP) is 2.36. The quantitative estimate of drug-likeness (QED) is 0.495. The van der Waals surface area contributed by atoms with E-state index in [1.807, 2.05) is 17.0 Å². The van der Waals surface area contributed by atoms with Crippen LogP contribution in [0.5, 0.6) is 0 Å². The lowest BCUT2D eigenvalue weighted by Crippen LogP contribution is -2.52. The predicted molar refractivity (Wildman–Crippen MR) is 102 cm³/mol. The van der Waals surface area contributed by atoms with Crippen molar-refractivity contribution in [3.05, 3.63) is 48.0 Å². The average Bonchev–Trinajstić information content (AvgIpc) is 2.72. The number of nitrogens with zero attached hydrogens (tertiary/aromatic N) is 5. The van der Waals surface area contributed by atoms with Gasteiger partial charge in [-0.05, 0) is 18.2 Å². The van der Waals surface area contributed by atoms with Crippen LogP contribution in [0.2, 0.25) is 0 Å². The molecule has 2 aromatic rings. The first-order valence-electron chi connectivity index (χ1n) is 8.52. The first kappa shape index (κ1) is 18.3. The number of piperazine rings is 1. The molecule has 0 spiro atoms. The van der Waals surface area contributed by atoms with Crippen molar-refractivity contribution in [1.29, 1.82) is 16.1 Å². The summed E-state index contributed by atoms with van der Waals surface area (Å²) >= 11 is 0. The Bertz CT molecular complexity index is 880. The maximum Gasteiger partial charge on any atom is 0.212 e. The Hall–Kier alpha value is -3.47. The topological polar surface area (TPSA) is 94.1 Å². The number of hydrogen-bond acceptors (Lipinski definition) is 5. The molecule has 1 fully saturated rings. The van der Waals surface area contributed by atoms with Crippen LogP contribution in [-0.2, 0) is 0 Å². The summed E-state index contributed by atoms with van der Waals surface area (Å²) in [5.74, 6) is -0.264. The Balaban J connectivity index is 1.89. The molecule has 1 aromatic heterocycles. The summed E-state index contributed by atoms with van der Waals surface area (Å²) in [7, 11) is 1.67. The van der Waals surface area contributed by atoms with Gasteiger partial charge < -0.3 is 14.7 Å². The van der Waals surface area contributed by atoms with Crippen molar-refractivity contribution < 1.29 is 4.39 Å². The van der Waals surface area contributed by atoms with Gasteiger partial charge in [-0.1, -0.05) is 12.1 Å². The zero-order valence-electron chi connectivity index (χ0n) is 15.0. The van der Waals surface area contributed by atoms with Gasteiger partial charge in [-0.3, -0.25) is 10.8 Å². The molecule has 1 aromatic carbocycles. The molecule has 1 aliphatic heterocycles. The second kappa shape index (κ2) is 7.83. The van der Waals surface area contributed by atoms with Gasteiger partial charge in [0, 0.05) is 50.6 Å². The van der Waals surface area contributed by atoms with Crippen molar-refractivity contribution in [3.8, 4) is 17.2 Å². The van der Waals surface area contributed by atoms with Crippen LogP contribution < -0.4 is 4.90 Å². The zero-order valence-corrected chi connectivity index (χ0v) is 15.0. The maximum atomic E-state index is 13.2. The highest BCUT2D eigenvalue weighted by atomic mass is 19.1. The van der Waals surface area contributed by atoms with Gasteiger partial charge >= 0.3 is 0 Å². The standard InChI is InChI=1S/C19H20FN7/c1-25(13-22)19(23)27-9-7-26(8-10-27)18-14(11-21)3-2-4-16(18)15-5-6-17(20)24-12-15/h2-6,12-13,22-23H,7-10H2,1H3. The van der Waals surface area contributed by atoms with Crippen LogP contribution in [0, 0.1) is 28.1 Å². The third-order valence-corrected chi connectivity index (χ3v) is 4.62. The lowest BCUT2D eigenvalue weighted by atomic mass is 10.00. The molecular weight excluding hydrogens is 345 g/mol. The third kappa shape index (κ3) is 3.72. The summed E-state index contributed by atoms with van der Waals surface area (Å²) in [5.41, 5.74) is 2.95. The second-order valence-electron chi connectivity index (χ2n) is 6.22. The molecule has 8 heteroatoms. The number of para-hydroxylation sites is 1. The Morgan fingerprint density at radius 1 is 1.26 bits per heavy atom. The lowest BCUT2D eigenvalue weighted by molar-refractivity contribution is 0.355. The van der Waals surface area contributed by atoms with Gasteiger partial charge in [0.2, 0.25) is 5.95 Å². The van der Waals surface area contributed by atoms with E-state index in [0.717, 1.165) is 23.2 Å². The van der Waals surface area contributed by atoms with Crippen LogP contribution in [0.25, 0.3) is 11.1 Å². The van der Waals surface area contributed by atoms with E-state index in [0.29, 0.717) is 31.7 Å². The molecule has 0 saturated carbocycles. The number of aromatic nitrogens is 1. The Kier molecular flexibility index (Phi) is 5.31. The highest BCUT2D eigenvalue weighted by Gasteiger charge is 2.24. The van der Waals surface area contributed by atoms with E-state index in [4.69, 9.17) is 10.8 Å². The van der Waals surface area contributed by atoms with E-state index in [2.05, 4.69) is 16.0 Å². The van der Waals surface area contributed by atoms with Gasteiger partial charge in [-0.15, -0.1) is 0 Å². The maximum absolute atomic E-state index is 13.2. The number of hydrogen-bond donors (Lipinski definition) is 2. The summed E-state index contributed by atoms with van der Waals surface area (Å²) in [6.45, 7) is 2.48. The van der Waals surface area contributed by atoms with E-state index in [9.17, 15) is 9.65 Å². The van der Waals surface area contributed by atoms with Crippen molar-refractivity contribution in [1.82, 2.24) is 14.8 Å². The van der Waals surface area contributed by atoms with Gasteiger partial charge in [-0.25, -0.2) is 4.98 Å². The normalized spacial score (nSPS) is 13.8. The Labute approximate surface area is 157 Å². The molecule has 27 heavy (non-hydrogen) atoms. The van der Waals surface area contributed by atoms with Crippen LogP contribution in [0.15, 0.2) is 36.5 Å². The molecular formula is C19H20FN7. The fourth-order valence-electron chi connectivity index (χ4n) is 3.17. The number of rotatable bonds is 3. The number of nitrogens with one attached hydrogen (secondary N) is 2. The molecule has 2 heterocycles. The zero-order chi connectivity index (χ0) is 19.4. The molecule has 0 radical (unpaired) electrons. The van der Waals surface area contributed by atoms with Gasteiger partial charge in [0.05, 0.1) is 17.6 Å². The van der Waals surface area contributed by atoms with Gasteiger partial charge in [0.15, 0.2) is 5.96 Å². The molecule has 2 N–H and O–H groups in total. The first-order chi connectivity index (χ1) is 13.0. The van der Waals surface area contributed by atoms with E-state index in [-0.39, 0.29) is 5.96 Å². The van der Waals surface area contributed by atoms with E-state index < -0.39 is 5.95 Å². The van der Waals surface area contributed by atoms with Crippen molar-refractivity contribution in [3.63, 3.8) is 0 Å². The minimum absolute atomic E-state index is 0.279. The van der Waals surface area contributed by atoms with Crippen LogP contribution >= 0.6 is 0 Å². The van der Waals surface area contributed by atoms with Crippen molar-refractivity contribution in [2.75, 3.05) is 38.1 Å². The van der Waals surface area contributed by atoms with E-state index in [1.165, 1.54) is 17.2 Å². The summed E-state index contributed by atoms with van der Waals surface area (Å²) < 4.78 is 13.2. The largest absolute Gasteiger partial charge is 0.366 e. The lowest BCUT2D eigenvalue weighted by Gasteiger charge is -2.39. The monoisotopic (exact) mass is 365 g/mol. The van der Waals surface area contributed by atoms with Crippen LogP contribution in [0.3, 0.4) is 0 Å². The third-order valence-electron chi connectivity index (χ3n) is 4.62. The number of benzene rings is 1. The smallest absolute Gasteiger partial charge is 0.212 e. The van der Waals surface area contributed by atoms with Crippen molar-refractivity contribution in [2.24, 2.45) is 0 Å². The van der Waals surface area contributed by atoms with Crippen molar-refractivity contribution in [2.45, 2.75) is 0 Å². The molecule has 0 amide bonds. The molecule has 3 rings (SSSR count). The highest BCUT2D eigenvalue weighted by Crippen LogP contribution is 2.34.